The van der Waals surface area contributed by atoms with Gasteiger partial charge in [0.25, 0.3) is 0 Å². The number of hydrogen-bond donors (Lipinski definition) is 3. The summed E-state index contributed by atoms with van der Waals surface area (Å²) in [6.07, 6.45) is 0. The molecular weight excluding hydrogens is 230 g/mol. The molecule has 6 N–H and O–H groups in total. The molecule has 0 fully saturated rings. The number of aryl methyl sites for hydroxylation is 2. The Hall–Kier alpha value is -1.60. The second-order valence-electron chi connectivity index (χ2n) is 3.22. The van der Waals surface area contributed by atoms with Crippen molar-refractivity contribution in [2.45, 2.75) is 18.7 Å². The third-order valence-electron chi connectivity index (χ3n) is 1.61. The number of hydrogen-bond acceptors (Lipinski definition) is 3. The molecule has 16 heavy (non-hydrogen) atoms. The summed E-state index contributed by atoms with van der Waals surface area (Å²) in [5.41, 5.74) is 10.4. The van der Waals surface area contributed by atoms with Gasteiger partial charge in [0.2, 0.25) is 0 Å². The third kappa shape index (κ3) is 5.32. The maximum absolute atomic E-state index is 10.7. The van der Waals surface area contributed by atoms with Crippen LogP contribution in [-0.2, 0) is 10.1 Å². The summed E-state index contributed by atoms with van der Waals surface area (Å²) in [5, 5.41) is 4.58. The first kappa shape index (κ1) is 14.4. The van der Waals surface area contributed by atoms with Crippen molar-refractivity contribution in [2.24, 2.45) is 11.5 Å². The second-order valence-corrected chi connectivity index (χ2v) is 4.57. The van der Waals surface area contributed by atoms with Gasteiger partial charge >= 0.3 is 5.96 Å². The third-order valence-corrected chi connectivity index (χ3v) is 2.59. The quantitative estimate of drug-likeness (QED) is 0.305. The summed E-state index contributed by atoms with van der Waals surface area (Å²) in [6, 6.07) is 4.78. The van der Waals surface area contributed by atoms with Crippen molar-refractivity contribution in [3.63, 3.8) is 0 Å². The molecule has 1 aromatic carbocycles. The molecule has 0 aliphatic heterocycles. The largest absolute Gasteiger partial charge is 0.744 e. The van der Waals surface area contributed by atoms with Gasteiger partial charge in [-0.3, -0.25) is 16.9 Å². The molecule has 0 aromatic heterocycles. The molecule has 0 bridgehead atoms. The van der Waals surface area contributed by atoms with Crippen molar-refractivity contribution < 1.29 is 18.4 Å². The van der Waals surface area contributed by atoms with Gasteiger partial charge in [-0.2, -0.15) is 0 Å². The van der Waals surface area contributed by atoms with E-state index in [1.807, 2.05) is 0 Å². The smallest absolute Gasteiger partial charge is 0.336 e. The van der Waals surface area contributed by atoms with E-state index >= 15 is 0 Å². The summed E-state index contributed by atoms with van der Waals surface area (Å²) in [5.74, 6) is -0.0833. The van der Waals surface area contributed by atoms with Crippen LogP contribution in [0.1, 0.15) is 11.1 Å². The molecular formula is C9H15N3O3S. The van der Waals surface area contributed by atoms with Gasteiger partial charge in [-0.25, -0.2) is 8.42 Å². The minimum Gasteiger partial charge on any atom is -0.744 e. The van der Waals surface area contributed by atoms with Crippen LogP contribution in [-0.4, -0.2) is 18.9 Å². The number of guanidine groups is 1. The van der Waals surface area contributed by atoms with Crippen LogP contribution in [0.5, 0.6) is 0 Å². The molecule has 0 unspecified atom stereocenters. The highest BCUT2D eigenvalue weighted by molar-refractivity contribution is 7.85. The molecule has 1 rings (SSSR count). The van der Waals surface area contributed by atoms with Crippen molar-refractivity contribution in [1.82, 2.24) is 0 Å². The van der Waals surface area contributed by atoms with Crippen LogP contribution in [0.2, 0.25) is 0 Å². The molecule has 0 atom stereocenters. The van der Waals surface area contributed by atoms with E-state index in [9.17, 15) is 13.0 Å². The van der Waals surface area contributed by atoms with E-state index in [1.54, 1.807) is 26.0 Å². The predicted molar refractivity (Wildman–Crippen MR) is 59.2 cm³/mol. The van der Waals surface area contributed by atoms with Crippen molar-refractivity contribution in [3.8, 4) is 0 Å². The maximum Gasteiger partial charge on any atom is 0.336 e. The van der Waals surface area contributed by atoms with Gasteiger partial charge in [-0.1, -0.05) is 12.1 Å². The lowest BCUT2D eigenvalue weighted by atomic mass is 10.2. The average Bonchev–Trinajstić information content (AvgIpc) is 2.06. The van der Waals surface area contributed by atoms with Gasteiger partial charge in [0.1, 0.15) is 10.1 Å². The van der Waals surface area contributed by atoms with Gasteiger partial charge in [-0.15, -0.1) is 0 Å². The molecule has 90 valence electrons. The Bertz CT molecular complexity index is 479. The van der Waals surface area contributed by atoms with Gasteiger partial charge < -0.3 is 4.55 Å². The molecule has 0 heterocycles. The van der Waals surface area contributed by atoms with Crippen molar-refractivity contribution in [1.29, 1.82) is 0 Å². The Morgan fingerprint density at radius 2 is 1.75 bits per heavy atom. The van der Waals surface area contributed by atoms with E-state index in [0.29, 0.717) is 5.56 Å². The first-order chi connectivity index (χ1) is 7.14. The monoisotopic (exact) mass is 245 g/mol. The predicted octanol–water partition coefficient (Wildman–Crippen LogP) is -1.77. The SMILES string of the molecule is Cc1ccc(C)c(S(=O)(=O)[O-])c1.NC(N)=[NH2+]. The second kappa shape index (κ2) is 5.47. The maximum atomic E-state index is 10.7. The van der Waals surface area contributed by atoms with E-state index in [0.717, 1.165) is 5.56 Å². The Kier molecular flexibility index (Phi) is 4.93. The lowest BCUT2D eigenvalue weighted by molar-refractivity contribution is -0.116. The van der Waals surface area contributed by atoms with Crippen LogP contribution in [0.25, 0.3) is 0 Å². The van der Waals surface area contributed by atoms with E-state index in [4.69, 9.17) is 0 Å². The molecule has 0 aliphatic carbocycles. The first-order valence-corrected chi connectivity index (χ1v) is 5.72. The van der Waals surface area contributed by atoms with Gasteiger partial charge in [0.15, 0.2) is 0 Å². The Morgan fingerprint density at radius 1 is 1.31 bits per heavy atom. The normalized spacial score (nSPS) is 10.2. The van der Waals surface area contributed by atoms with Crippen LogP contribution in [0.4, 0.5) is 0 Å². The average molecular weight is 245 g/mol. The molecule has 0 aliphatic rings. The lowest BCUT2D eigenvalue weighted by Crippen LogP contribution is -2.51. The number of nitrogens with two attached hydrogens (primary N) is 3. The topological polar surface area (TPSA) is 135 Å². The number of rotatable bonds is 1. The molecule has 0 saturated carbocycles. The molecule has 7 heteroatoms. The minimum atomic E-state index is -4.31. The van der Waals surface area contributed by atoms with Crippen LogP contribution in [0.15, 0.2) is 23.1 Å². The fourth-order valence-corrected chi connectivity index (χ4v) is 1.77. The molecule has 0 radical (unpaired) electrons. The zero-order valence-electron chi connectivity index (χ0n) is 9.10. The van der Waals surface area contributed by atoms with Crippen LogP contribution in [0, 0.1) is 13.8 Å². The van der Waals surface area contributed by atoms with Crippen molar-refractivity contribution in [2.75, 3.05) is 0 Å². The Morgan fingerprint density at radius 3 is 2.06 bits per heavy atom. The standard InChI is InChI=1S/C8H10O3S.CH5N3/c1-6-3-4-7(2)8(5-6)12(9,10)11;2-1(3)4/h3-5H,1-2H3,(H,9,10,11);(H5,2,3,4). The highest BCUT2D eigenvalue weighted by Crippen LogP contribution is 2.15. The van der Waals surface area contributed by atoms with E-state index in [1.165, 1.54) is 6.07 Å². The molecule has 0 saturated heterocycles. The summed E-state index contributed by atoms with van der Waals surface area (Å²) >= 11 is 0. The molecule has 0 amide bonds. The fraction of sp³-hybridized carbons (Fsp3) is 0.222. The van der Waals surface area contributed by atoms with E-state index in [-0.39, 0.29) is 10.9 Å². The Labute approximate surface area is 94.5 Å². The highest BCUT2D eigenvalue weighted by atomic mass is 32.2. The first-order valence-electron chi connectivity index (χ1n) is 4.31. The molecule has 0 spiro atoms. The zero-order chi connectivity index (χ0) is 12.9. The highest BCUT2D eigenvalue weighted by Gasteiger charge is 2.04. The van der Waals surface area contributed by atoms with Gasteiger partial charge in [-0.05, 0) is 31.0 Å². The zero-order valence-corrected chi connectivity index (χ0v) is 9.91. The summed E-state index contributed by atoms with van der Waals surface area (Å²) in [7, 11) is -4.31. The lowest BCUT2D eigenvalue weighted by Gasteiger charge is -2.10. The van der Waals surface area contributed by atoms with Gasteiger partial charge in [0, 0.05) is 0 Å². The van der Waals surface area contributed by atoms with Crippen LogP contribution >= 0.6 is 0 Å². The van der Waals surface area contributed by atoms with E-state index in [2.05, 4.69) is 16.9 Å². The number of benzene rings is 1. The fourth-order valence-electron chi connectivity index (χ4n) is 0.977. The molecule has 1 aromatic rings. The summed E-state index contributed by atoms with van der Waals surface area (Å²) in [6.45, 7) is 3.35. The van der Waals surface area contributed by atoms with Crippen molar-refractivity contribution in [3.05, 3.63) is 29.3 Å². The Balaban J connectivity index is 0.000000487. The summed E-state index contributed by atoms with van der Waals surface area (Å²) < 4.78 is 32.0. The minimum absolute atomic E-state index is 0.0833. The van der Waals surface area contributed by atoms with Gasteiger partial charge in [0.05, 0.1) is 4.90 Å². The van der Waals surface area contributed by atoms with Crippen LogP contribution in [0.3, 0.4) is 0 Å². The molecule has 6 nitrogen and oxygen atoms in total. The van der Waals surface area contributed by atoms with Crippen molar-refractivity contribution >= 4 is 16.1 Å². The summed E-state index contributed by atoms with van der Waals surface area (Å²) in [4.78, 5) is -0.123. The van der Waals surface area contributed by atoms with Crippen LogP contribution < -0.4 is 16.9 Å². The van der Waals surface area contributed by atoms with E-state index < -0.39 is 10.1 Å².